The molecule has 0 radical (unpaired) electrons. The van der Waals surface area contributed by atoms with Crippen LogP contribution in [-0.2, 0) is 16.1 Å². The van der Waals surface area contributed by atoms with Crippen molar-refractivity contribution in [3.8, 4) is 5.75 Å². The standard InChI is InChI=1S/C15H20N2O3/c1-20-13-9-5-2-6-11(13)10-16-14(18)15(19)17-12-7-3-4-8-12/h2,5-6,9,12H,3-4,7-8,10H2,1H3,(H,16,18)(H,17,19). The molecule has 0 atom stereocenters. The highest BCUT2D eigenvalue weighted by Crippen LogP contribution is 2.18. The van der Waals surface area contributed by atoms with E-state index in [2.05, 4.69) is 10.6 Å². The molecule has 0 heterocycles. The third kappa shape index (κ3) is 3.73. The van der Waals surface area contributed by atoms with Crippen molar-refractivity contribution in [3.05, 3.63) is 29.8 Å². The van der Waals surface area contributed by atoms with Crippen molar-refractivity contribution < 1.29 is 14.3 Å². The van der Waals surface area contributed by atoms with Gasteiger partial charge in [-0.05, 0) is 18.9 Å². The normalized spacial score (nSPS) is 14.8. The van der Waals surface area contributed by atoms with Gasteiger partial charge in [-0.1, -0.05) is 31.0 Å². The molecule has 5 nitrogen and oxygen atoms in total. The number of nitrogens with one attached hydrogen (secondary N) is 2. The summed E-state index contributed by atoms with van der Waals surface area (Å²) in [6.45, 7) is 0.279. The van der Waals surface area contributed by atoms with Crippen molar-refractivity contribution in [3.63, 3.8) is 0 Å². The number of benzene rings is 1. The van der Waals surface area contributed by atoms with E-state index >= 15 is 0 Å². The number of methoxy groups -OCH3 is 1. The van der Waals surface area contributed by atoms with Crippen LogP contribution in [0, 0.1) is 0 Å². The van der Waals surface area contributed by atoms with Crippen LogP contribution in [0.5, 0.6) is 5.75 Å². The van der Waals surface area contributed by atoms with Gasteiger partial charge in [0.2, 0.25) is 0 Å². The molecule has 20 heavy (non-hydrogen) atoms. The van der Waals surface area contributed by atoms with Crippen LogP contribution >= 0.6 is 0 Å². The van der Waals surface area contributed by atoms with Crippen LogP contribution < -0.4 is 15.4 Å². The van der Waals surface area contributed by atoms with Gasteiger partial charge in [0.15, 0.2) is 0 Å². The minimum Gasteiger partial charge on any atom is -0.496 e. The summed E-state index contributed by atoms with van der Waals surface area (Å²) in [5.41, 5.74) is 0.844. The van der Waals surface area contributed by atoms with Gasteiger partial charge in [-0.2, -0.15) is 0 Å². The van der Waals surface area contributed by atoms with Gasteiger partial charge in [0, 0.05) is 18.2 Å². The summed E-state index contributed by atoms with van der Waals surface area (Å²) in [5, 5.41) is 5.38. The van der Waals surface area contributed by atoms with Gasteiger partial charge in [-0.3, -0.25) is 9.59 Å². The number of rotatable bonds is 4. The summed E-state index contributed by atoms with van der Waals surface area (Å²) in [6, 6.07) is 7.55. The molecule has 0 unspecified atom stereocenters. The van der Waals surface area contributed by atoms with Crippen molar-refractivity contribution in [1.29, 1.82) is 0 Å². The Balaban J connectivity index is 1.83. The van der Waals surface area contributed by atoms with Crippen LogP contribution in [0.1, 0.15) is 31.2 Å². The van der Waals surface area contributed by atoms with Crippen molar-refractivity contribution in [2.24, 2.45) is 0 Å². The summed E-state index contributed by atoms with van der Waals surface area (Å²) in [6.07, 6.45) is 4.17. The predicted octanol–water partition coefficient (Wildman–Crippen LogP) is 1.37. The Morgan fingerprint density at radius 3 is 2.60 bits per heavy atom. The van der Waals surface area contributed by atoms with Crippen molar-refractivity contribution >= 4 is 11.8 Å². The largest absolute Gasteiger partial charge is 0.496 e. The van der Waals surface area contributed by atoms with Crippen LogP contribution in [-0.4, -0.2) is 25.0 Å². The van der Waals surface area contributed by atoms with Crippen LogP contribution in [0.2, 0.25) is 0 Å². The first-order valence-electron chi connectivity index (χ1n) is 6.91. The summed E-state index contributed by atoms with van der Waals surface area (Å²) in [7, 11) is 1.58. The molecule has 0 aliphatic heterocycles. The molecule has 1 fully saturated rings. The molecule has 1 aliphatic carbocycles. The Labute approximate surface area is 118 Å². The third-order valence-corrected chi connectivity index (χ3v) is 3.53. The lowest BCUT2D eigenvalue weighted by Gasteiger charge is -2.12. The fraction of sp³-hybridized carbons (Fsp3) is 0.467. The first-order valence-corrected chi connectivity index (χ1v) is 6.91. The summed E-state index contributed by atoms with van der Waals surface area (Å²) >= 11 is 0. The van der Waals surface area contributed by atoms with Crippen molar-refractivity contribution in [2.75, 3.05) is 7.11 Å². The molecule has 0 bridgehead atoms. The maximum atomic E-state index is 11.7. The number of hydrogen-bond donors (Lipinski definition) is 2. The lowest BCUT2D eigenvalue weighted by molar-refractivity contribution is -0.139. The van der Waals surface area contributed by atoms with Crippen LogP contribution in [0.15, 0.2) is 24.3 Å². The molecule has 0 spiro atoms. The molecular weight excluding hydrogens is 256 g/mol. The van der Waals surface area contributed by atoms with Gasteiger partial charge >= 0.3 is 11.8 Å². The molecule has 2 amide bonds. The number of hydrogen-bond acceptors (Lipinski definition) is 3. The maximum Gasteiger partial charge on any atom is 0.309 e. The lowest BCUT2D eigenvalue weighted by atomic mass is 10.2. The number of carbonyl (C=O) groups is 2. The van der Waals surface area contributed by atoms with Crippen LogP contribution in [0.25, 0.3) is 0 Å². The summed E-state index contributed by atoms with van der Waals surface area (Å²) < 4.78 is 5.19. The van der Waals surface area contributed by atoms with E-state index in [0.717, 1.165) is 31.2 Å². The predicted molar refractivity (Wildman–Crippen MR) is 75.2 cm³/mol. The topological polar surface area (TPSA) is 67.4 Å². The Bertz CT molecular complexity index is 482. The second-order valence-electron chi connectivity index (χ2n) is 4.95. The third-order valence-electron chi connectivity index (χ3n) is 3.53. The van der Waals surface area contributed by atoms with E-state index in [0.29, 0.717) is 5.75 Å². The SMILES string of the molecule is COc1ccccc1CNC(=O)C(=O)NC1CCCC1. The van der Waals surface area contributed by atoms with Crippen molar-refractivity contribution in [2.45, 2.75) is 38.3 Å². The molecule has 0 aromatic heterocycles. The summed E-state index contributed by atoms with van der Waals surface area (Å²) in [5.74, 6) is -0.446. The van der Waals surface area contributed by atoms with Gasteiger partial charge in [0.1, 0.15) is 5.75 Å². The second kappa shape index (κ2) is 6.93. The average molecular weight is 276 g/mol. The first-order chi connectivity index (χ1) is 9.70. The van der Waals surface area contributed by atoms with E-state index in [9.17, 15) is 9.59 Å². The zero-order chi connectivity index (χ0) is 14.4. The Kier molecular flexibility index (Phi) is 4.98. The zero-order valence-electron chi connectivity index (χ0n) is 11.6. The Hall–Kier alpha value is -2.04. The molecule has 2 N–H and O–H groups in total. The van der Waals surface area contributed by atoms with Crippen LogP contribution in [0.4, 0.5) is 0 Å². The van der Waals surface area contributed by atoms with Crippen molar-refractivity contribution in [1.82, 2.24) is 10.6 Å². The Morgan fingerprint density at radius 1 is 1.20 bits per heavy atom. The number of carbonyl (C=O) groups excluding carboxylic acids is 2. The number of para-hydroxylation sites is 1. The van der Waals surface area contributed by atoms with Gasteiger partial charge in [0.25, 0.3) is 0 Å². The van der Waals surface area contributed by atoms with E-state index in [1.807, 2.05) is 24.3 Å². The van der Waals surface area contributed by atoms with Gasteiger partial charge < -0.3 is 15.4 Å². The van der Waals surface area contributed by atoms with Gasteiger partial charge in [-0.25, -0.2) is 0 Å². The molecule has 108 valence electrons. The molecule has 1 aromatic carbocycles. The Morgan fingerprint density at radius 2 is 1.90 bits per heavy atom. The van der Waals surface area contributed by atoms with E-state index in [1.54, 1.807) is 7.11 Å². The smallest absolute Gasteiger partial charge is 0.309 e. The number of amides is 2. The van der Waals surface area contributed by atoms with Crippen LogP contribution in [0.3, 0.4) is 0 Å². The molecule has 1 aromatic rings. The molecular formula is C15H20N2O3. The maximum absolute atomic E-state index is 11.7. The molecule has 2 rings (SSSR count). The quantitative estimate of drug-likeness (QED) is 0.816. The fourth-order valence-corrected chi connectivity index (χ4v) is 2.43. The molecule has 5 heteroatoms. The average Bonchev–Trinajstić information content (AvgIpc) is 2.97. The van der Waals surface area contributed by atoms with Gasteiger partial charge in [0.05, 0.1) is 7.11 Å². The number of ether oxygens (including phenoxy) is 1. The summed E-state index contributed by atoms with van der Waals surface area (Å²) in [4.78, 5) is 23.5. The van der Waals surface area contributed by atoms with E-state index < -0.39 is 11.8 Å². The van der Waals surface area contributed by atoms with Gasteiger partial charge in [-0.15, -0.1) is 0 Å². The monoisotopic (exact) mass is 276 g/mol. The minimum absolute atomic E-state index is 0.152. The second-order valence-corrected chi connectivity index (χ2v) is 4.95. The molecule has 1 aliphatic rings. The highest BCUT2D eigenvalue weighted by Gasteiger charge is 2.21. The zero-order valence-corrected chi connectivity index (χ0v) is 11.6. The molecule has 1 saturated carbocycles. The first kappa shape index (κ1) is 14.4. The minimum atomic E-state index is -0.595. The fourth-order valence-electron chi connectivity index (χ4n) is 2.43. The van der Waals surface area contributed by atoms with E-state index in [1.165, 1.54) is 0 Å². The molecule has 0 saturated heterocycles. The highest BCUT2D eigenvalue weighted by atomic mass is 16.5. The highest BCUT2D eigenvalue weighted by molar-refractivity contribution is 6.35. The van der Waals surface area contributed by atoms with E-state index in [4.69, 9.17) is 4.74 Å². The lowest BCUT2D eigenvalue weighted by Crippen LogP contribution is -2.43. The van der Waals surface area contributed by atoms with E-state index in [-0.39, 0.29) is 12.6 Å².